The first-order chi connectivity index (χ1) is 10.1. The number of amides is 3. The zero-order chi connectivity index (χ0) is 15.2. The van der Waals surface area contributed by atoms with E-state index in [0.29, 0.717) is 13.2 Å². The number of carbonyl (C=O) groups is 3. The van der Waals surface area contributed by atoms with Crippen molar-refractivity contribution >= 4 is 17.9 Å². The third kappa shape index (κ3) is 4.32. The quantitative estimate of drug-likeness (QED) is 0.728. The lowest BCUT2D eigenvalue weighted by molar-refractivity contribution is -0.139. The van der Waals surface area contributed by atoms with Crippen LogP contribution in [0.3, 0.4) is 0 Å². The first kappa shape index (κ1) is 15.6. The Balaban J connectivity index is 1.82. The molecule has 2 aliphatic rings. The Morgan fingerprint density at radius 3 is 2.57 bits per heavy atom. The van der Waals surface area contributed by atoms with Gasteiger partial charge in [-0.1, -0.05) is 0 Å². The molecule has 8 heteroatoms. The number of likely N-dealkylation sites (tertiary alicyclic amines) is 1. The van der Waals surface area contributed by atoms with Crippen molar-refractivity contribution in [2.75, 3.05) is 39.4 Å². The number of hydrogen-bond acceptors (Lipinski definition) is 4. The fraction of sp³-hybridized carbons (Fsp3) is 0.769. The molecule has 1 unspecified atom stereocenters. The Morgan fingerprint density at radius 1 is 1.19 bits per heavy atom. The predicted molar refractivity (Wildman–Crippen MR) is 72.8 cm³/mol. The zero-order valence-corrected chi connectivity index (χ0v) is 11.9. The van der Waals surface area contributed by atoms with Crippen molar-refractivity contribution in [1.82, 2.24) is 15.1 Å². The van der Waals surface area contributed by atoms with Gasteiger partial charge in [0.2, 0.25) is 5.91 Å². The molecule has 0 radical (unpaired) electrons. The van der Waals surface area contributed by atoms with Gasteiger partial charge in [0, 0.05) is 19.6 Å². The normalized spacial score (nSPS) is 22.2. The van der Waals surface area contributed by atoms with Crippen LogP contribution in [0.4, 0.5) is 4.79 Å². The van der Waals surface area contributed by atoms with Crippen molar-refractivity contribution in [2.24, 2.45) is 0 Å². The molecular weight excluding hydrogens is 278 g/mol. The minimum absolute atomic E-state index is 0.0457. The Kier molecular flexibility index (Phi) is 5.38. The Morgan fingerprint density at radius 2 is 1.90 bits per heavy atom. The average Bonchev–Trinajstić information content (AvgIpc) is 2.98. The highest BCUT2D eigenvalue weighted by Crippen LogP contribution is 2.11. The number of hydrogen-bond donors (Lipinski definition) is 2. The summed E-state index contributed by atoms with van der Waals surface area (Å²) in [6.45, 7) is 2.36. The summed E-state index contributed by atoms with van der Waals surface area (Å²) in [5.74, 6) is -1.07. The Labute approximate surface area is 123 Å². The molecule has 0 aliphatic carbocycles. The first-order valence-electron chi connectivity index (χ1n) is 7.19. The number of carboxylic acid groups (broad SMARTS) is 1. The maximum atomic E-state index is 12.1. The summed E-state index contributed by atoms with van der Waals surface area (Å²) in [6.07, 6.45) is 1.85. The molecule has 0 bridgehead atoms. The largest absolute Gasteiger partial charge is 0.481 e. The van der Waals surface area contributed by atoms with E-state index >= 15 is 0 Å². The molecule has 3 amide bonds. The average molecular weight is 299 g/mol. The van der Waals surface area contributed by atoms with Crippen LogP contribution in [0, 0.1) is 0 Å². The summed E-state index contributed by atoms with van der Waals surface area (Å²) in [7, 11) is 0. The van der Waals surface area contributed by atoms with Crippen LogP contribution in [-0.2, 0) is 14.3 Å². The highest BCUT2D eigenvalue weighted by atomic mass is 16.5. The lowest BCUT2D eigenvalue weighted by Gasteiger charge is -2.34. The first-order valence-corrected chi connectivity index (χ1v) is 7.19. The molecule has 2 aliphatic heterocycles. The Bertz CT molecular complexity index is 409. The molecule has 0 aromatic carbocycles. The SMILES string of the molecule is O=C(O)CC1COCCN1C(=O)NCC(=O)N1CCCC1. The maximum Gasteiger partial charge on any atom is 0.318 e. The van der Waals surface area contributed by atoms with Crippen molar-refractivity contribution < 1.29 is 24.2 Å². The molecule has 1 atom stereocenters. The van der Waals surface area contributed by atoms with Gasteiger partial charge >= 0.3 is 12.0 Å². The van der Waals surface area contributed by atoms with Crippen LogP contribution >= 0.6 is 0 Å². The van der Waals surface area contributed by atoms with Crippen LogP contribution in [0.15, 0.2) is 0 Å². The van der Waals surface area contributed by atoms with E-state index in [1.54, 1.807) is 4.90 Å². The summed E-state index contributed by atoms with van der Waals surface area (Å²) < 4.78 is 5.21. The number of ether oxygens (including phenoxy) is 1. The second kappa shape index (κ2) is 7.26. The number of carbonyl (C=O) groups excluding carboxylic acids is 2. The van der Waals surface area contributed by atoms with Crippen molar-refractivity contribution in [3.63, 3.8) is 0 Å². The van der Waals surface area contributed by atoms with Gasteiger partial charge in [-0.25, -0.2) is 4.79 Å². The van der Waals surface area contributed by atoms with Gasteiger partial charge in [-0.05, 0) is 12.8 Å². The third-order valence-corrected chi connectivity index (χ3v) is 3.75. The van der Waals surface area contributed by atoms with Crippen molar-refractivity contribution in [3.8, 4) is 0 Å². The molecule has 2 N–H and O–H groups in total. The second-order valence-corrected chi connectivity index (χ2v) is 5.27. The summed E-state index contributed by atoms with van der Waals surface area (Å²) >= 11 is 0. The van der Waals surface area contributed by atoms with E-state index in [1.165, 1.54) is 4.90 Å². The van der Waals surface area contributed by atoms with E-state index in [2.05, 4.69) is 5.32 Å². The van der Waals surface area contributed by atoms with E-state index in [1.807, 2.05) is 0 Å². The molecule has 0 aromatic heterocycles. The van der Waals surface area contributed by atoms with Crippen LogP contribution < -0.4 is 5.32 Å². The van der Waals surface area contributed by atoms with Crippen LogP contribution in [0.1, 0.15) is 19.3 Å². The fourth-order valence-corrected chi connectivity index (χ4v) is 2.62. The van der Waals surface area contributed by atoms with Gasteiger partial charge in [0.1, 0.15) is 0 Å². The summed E-state index contributed by atoms with van der Waals surface area (Å²) in [4.78, 5) is 37.9. The van der Waals surface area contributed by atoms with Crippen LogP contribution in [0.5, 0.6) is 0 Å². The highest BCUT2D eigenvalue weighted by molar-refractivity contribution is 5.84. The van der Waals surface area contributed by atoms with Gasteiger partial charge in [0.15, 0.2) is 0 Å². The van der Waals surface area contributed by atoms with Crippen molar-refractivity contribution in [3.05, 3.63) is 0 Å². The van der Waals surface area contributed by atoms with Crippen LogP contribution in [0.2, 0.25) is 0 Å². The monoisotopic (exact) mass is 299 g/mol. The van der Waals surface area contributed by atoms with E-state index in [-0.39, 0.29) is 25.5 Å². The van der Waals surface area contributed by atoms with Gasteiger partial charge < -0.3 is 25.0 Å². The highest BCUT2D eigenvalue weighted by Gasteiger charge is 2.29. The molecular formula is C13H21N3O5. The minimum Gasteiger partial charge on any atom is -0.481 e. The van der Waals surface area contributed by atoms with Gasteiger partial charge in [-0.15, -0.1) is 0 Å². The third-order valence-electron chi connectivity index (χ3n) is 3.75. The van der Waals surface area contributed by atoms with E-state index in [0.717, 1.165) is 25.9 Å². The number of carboxylic acids is 1. The minimum atomic E-state index is -0.976. The number of morpholine rings is 1. The van der Waals surface area contributed by atoms with Gasteiger partial charge in [-0.3, -0.25) is 9.59 Å². The van der Waals surface area contributed by atoms with Gasteiger partial charge in [0.25, 0.3) is 0 Å². The standard InChI is InChI=1S/C13H21N3O5/c17-11(15-3-1-2-4-15)8-14-13(20)16-5-6-21-9-10(16)7-12(18)19/h10H,1-9H2,(H,14,20)(H,18,19). The zero-order valence-electron chi connectivity index (χ0n) is 11.9. The second-order valence-electron chi connectivity index (χ2n) is 5.27. The predicted octanol–water partition coefficient (Wildman–Crippen LogP) is -0.506. The smallest absolute Gasteiger partial charge is 0.318 e. The number of rotatable bonds is 4. The maximum absolute atomic E-state index is 12.1. The lowest BCUT2D eigenvalue weighted by atomic mass is 10.1. The molecule has 0 aromatic rings. The number of nitrogens with one attached hydrogen (secondary N) is 1. The molecule has 2 heterocycles. The molecule has 2 fully saturated rings. The van der Waals surface area contributed by atoms with Crippen LogP contribution in [0.25, 0.3) is 0 Å². The van der Waals surface area contributed by atoms with E-state index in [4.69, 9.17) is 9.84 Å². The van der Waals surface area contributed by atoms with Gasteiger partial charge in [-0.2, -0.15) is 0 Å². The molecule has 21 heavy (non-hydrogen) atoms. The number of aliphatic carboxylic acids is 1. The summed E-state index contributed by atoms with van der Waals surface area (Å²) in [5, 5.41) is 11.4. The fourth-order valence-electron chi connectivity index (χ4n) is 2.62. The van der Waals surface area contributed by atoms with Crippen molar-refractivity contribution in [2.45, 2.75) is 25.3 Å². The van der Waals surface area contributed by atoms with Gasteiger partial charge in [0.05, 0.1) is 32.2 Å². The number of urea groups is 1. The summed E-state index contributed by atoms with van der Waals surface area (Å²) in [6, 6.07) is -0.893. The van der Waals surface area contributed by atoms with E-state index < -0.39 is 18.0 Å². The van der Waals surface area contributed by atoms with Crippen molar-refractivity contribution in [1.29, 1.82) is 0 Å². The number of nitrogens with zero attached hydrogens (tertiary/aromatic N) is 2. The molecule has 0 saturated carbocycles. The van der Waals surface area contributed by atoms with E-state index in [9.17, 15) is 14.4 Å². The van der Waals surface area contributed by atoms with Crippen LogP contribution in [-0.4, -0.2) is 78.2 Å². The molecule has 0 spiro atoms. The lowest BCUT2D eigenvalue weighted by Crippen LogP contribution is -2.54. The Hall–Kier alpha value is -1.83. The topological polar surface area (TPSA) is 99.2 Å². The molecule has 2 saturated heterocycles. The molecule has 2 rings (SSSR count). The summed E-state index contributed by atoms with van der Waals surface area (Å²) in [5.41, 5.74) is 0. The molecule has 8 nitrogen and oxygen atoms in total. The molecule has 118 valence electrons.